The topological polar surface area (TPSA) is 80.4 Å². The van der Waals surface area contributed by atoms with Crippen molar-refractivity contribution in [1.29, 1.82) is 0 Å². The Labute approximate surface area is 77.9 Å². The molecule has 74 valence electrons. The van der Waals surface area contributed by atoms with Gasteiger partial charge in [0.15, 0.2) is 0 Å². The number of hydrogen-bond donors (Lipinski definition) is 1. The maximum Gasteiger partial charge on any atom is 0.384 e. The molecule has 0 aliphatic rings. The lowest BCUT2D eigenvalue weighted by Crippen LogP contribution is -2.20. The molecule has 1 aromatic rings. The second-order valence-corrected chi connectivity index (χ2v) is 2.58. The second-order valence-electron chi connectivity index (χ2n) is 2.58. The van der Waals surface area contributed by atoms with E-state index in [-0.39, 0.29) is 5.56 Å². The number of aliphatic carboxylic acids is 1. The van der Waals surface area contributed by atoms with Gasteiger partial charge in [-0.15, -0.1) is 0 Å². The largest absolute Gasteiger partial charge is 0.476 e. The lowest BCUT2D eigenvalue weighted by molar-refractivity contribution is -0.516. The average molecular weight is 199 g/mol. The molecule has 0 bridgehead atoms. The minimum Gasteiger partial charge on any atom is -0.476 e. The van der Waals surface area contributed by atoms with Crippen molar-refractivity contribution in [2.24, 2.45) is 0 Å². The first kappa shape index (κ1) is 10.1. The van der Waals surface area contributed by atoms with Crippen LogP contribution in [0.1, 0.15) is 11.6 Å². The second kappa shape index (κ2) is 3.82. The van der Waals surface area contributed by atoms with Crippen LogP contribution in [0.4, 0.5) is 4.39 Å². The number of rotatable bonds is 3. The fraction of sp³-hybridized carbons (Fsp3) is 0.125. The van der Waals surface area contributed by atoms with Gasteiger partial charge in [0.25, 0.3) is 0 Å². The Morgan fingerprint density at radius 1 is 1.43 bits per heavy atom. The Kier molecular flexibility index (Phi) is 2.76. The van der Waals surface area contributed by atoms with E-state index in [1.54, 1.807) is 0 Å². The Balaban J connectivity index is 3.06. The Hall–Kier alpha value is -1.98. The van der Waals surface area contributed by atoms with Crippen molar-refractivity contribution in [2.45, 2.75) is 6.04 Å². The van der Waals surface area contributed by atoms with Gasteiger partial charge < -0.3 is 5.11 Å². The van der Waals surface area contributed by atoms with Gasteiger partial charge in [-0.1, -0.05) is 0 Å². The first-order chi connectivity index (χ1) is 6.52. The summed E-state index contributed by atoms with van der Waals surface area (Å²) in [6, 6.07) is 2.28. The molecular weight excluding hydrogens is 193 g/mol. The van der Waals surface area contributed by atoms with Crippen molar-refractivity contribution in [2.75, 3.05) is 0 Å². The smallest absolute Gasteiger partial charge is 0.384 e. The molecule has 0 spiro atoms. The van der Waals surface area contributed by atoms with E-state index in [2.05, 4.69) is 0 Å². The number of benzene rings is 1. The van der Waals surface area contributed by atoms with E-state index in [1.807, 2.05) is 0 Å². The van der Waals surface area contributed by atoms with Crippen LogP contribution in [0.15, 0.2) is 24.3 Å². The number of halogens is 1. The Morgan fingerprint density at radius 2 is 1.93 bits per heavy atom. The molecule has 0 radical (unpaired) electrons. The van der Waals surface area contributed by atoms with Gasteiger partial charge in [-0.25, -0.2) is 9.18 Å². The summed E-state index contributed by atoms with van der Waals surface area (Å²) in [4.78, 5) is 19.9. The van der Waals surface area contributed by atoms with Crippen molar-refractivity contribution in [3.05, 3.63) is 45.8 Å². The summed E-state index contributed by atoms with van der Waals surface area (Å²) < 4.78 is 12.4. The van der Waals surface area contributed by atoms with Gasteiger partial charge >= 0.3 is 12.0 Å². The molecule has 0 amide bonds. The summed E-state index contributed by atoms with van der Waals surface area (Å²) in [6.07, 6.45) is 0. The zero-order chi connectivity index (χ0) is 10.7. The summed E-state index contributed by atoms with van der Waals surface area (Å²) in [5, 5.41) is 18.9. The number of nitrogens with zero attached hydrogens (tertiary/aromatic N) is 1. The molecule has 5 nitrogen and oxygen atoms in total. The number of carboxylic acid groups (broad SMARTS) is 1. The Bertz CT molecular complexity index is 348. The molecular formula is C8H6FNO4. The summed E-state index contributed by atoms with van der Waals surface area (Å²) >= 11 is 0. The van der Waals surface area contributed by atoms with Crippen LogP contribution in [0.2, 0.25) is 0 Å². The SMILES string of the molecule is O=C(O)C(c1ccc(F)cc1)[N+](=O)[O-]. The lowest BCUT2D eigenvalue weighted by atomic mass is 10.1. The summed E-state index contributed by atoms with van der Waals surface area (Å²) in [5.74, 6) is -2.14. The molecule has 1 aromatic carbocycles. The molecule has 0 aliphatic carbocycles. The Morgan fingerprint density at radius 3 is 2.29 bits per heavy atom. The van der Waals surface area contributed by atoms with Gasteiger partial charge in [0.2, 0.25) is 0 Å². The molecule has 0 saturated heterocycles. The minimum atomic E-state index is -1.84. The number of carbonyl (C=O) groups is 1. The van der Waals surface area contributed by atoms with E-state index in [0.29, 0.717) is 0 Å². The van der Waals surface area contributed by atoms with E-state index in [4.69, 9.17) is 5.11 Å². The highest BCUT2D eigenvalue weighted by Crippen LogP contribution is 2.16. The van der Waals surface area contributed by atoms with Crippen molar-refractivity contribution >= 4 is 5.97 Å². The fourth-order valence-corrected chi connectivity index (χ4v) is 1.000. The van der Waals surface area contributed by atoms with E-state index >= 15 is 0 Å². The summed E-state index contributed by atoms with van der Waals surface area (Å²) in [7, 11) is 0. The zero-order valence-electron chi connectivity index (χ0n) is 6.88. The maximum absolute atomic E-state index is 12.4. The normalized spacial score (nSPS) is 12.1. The third-order valence-electron chi connectivity index (χ3n) is 1.63. The molecule has 1 N–H and O–H groups in total. The first-order valence-corrected chi connectivity index (χ1v) is 3.64. The van der Waals surface area contributed by atoms with E-state index < -0.39 is 22.8 Å². The number of nitro groups is 1. The third-order valence-corrected chi connectivity index (χ3v) is 1.63. The monoisotopic (exact) mass is 199 g/mol. The molecule has 0 heterocycles. The molecule has 1 rings (SSSR count). The van der Waals surface area contributed by atoms with Crippen LogP contribution < -0.4 is 0 Å². The molecule has 6 heteroatoms. The molecule has 1 unspecified atom stereocenters. The van der Waals surface area contributed by atoms with Gasteiger partial charge in [0, 0.05) is 10.5 Å². The van der Waals surface area contributed by atoms with Crippen LogP contribution in [0.3, 0.4) is 0 Å². The van der Waals surface area contributed by atoms with Gasteiger partial charge in [0.1, 0.15) is 5.82 Å². The lowest BCUT2D eigenvalue weighted by Gasteiger charge is -2.03. The fourth-order valence-electron chi connectivity index (χ4n) is 1.000. The average Bonchev–Trinajstić information content (AvgIpc) is 2.07. The van der Waals surface area contributed by atoms with E-state index in [1.165, 1.54) is 0 Å². The molecule has 14 heavy (non-hydrogen) atoms. The predicted octanol–water partition coefficient (Wildman–Crippen LogP) is 1.23. The van der Waals surface area contributed by atoms with Crippen molar-refractivity contribution in [3.8, 4) is 0 Å². The molecule has 0 saturated carbocycles. The van der Waals surface area contributed by atoms with Crippen LogP contribution in [0.5, 0.6) is 0 Å². The van der Waals surface area contributed by atoms with E-state index in [0.717, 1.165) is 24.3 Å². The quantitative estimate of drug-likeness (QED) is 0.586. The standard InChI is InChI=1S/C8H6FNO4/c9-6-3-1-5(2-4-6)7(8(11)12)10(13)14/h1-4,7H,(H,11,12). The number of hydrogen-bond acceptors (Lipinski definition) is 3. The van der Waals surface area contributed by atoms with Gasteiger partial charge in [-0.05, 0) is 24.3 Å². The van der Waals surface area contributed by atoms with Crippen molar-refractivity contribution in [3.63, 3.8) is 0 Å². The summed E-state index contributed by atoms with van der Waals surface area (Å²) in [5.41, 5.74) is -0.0519. The van der Waals surface area contributed by atoms with Gasteiger partial charge in [-0.2, -0.15) is 0 Å². The van der Waals surface area contributed by atoms with E-state index in [9.17, 15) is 19.3 Å². The van der Waals surface area contributed by atoms with Crippen LogP contribution >= 0.6 is 0 Å². The first-order valence-electron chi connectivity index (χ1n) is 3.64. The van der Waals surface area contributed by atoms with Gasteiger partial charge in [0.05, 0.1) is 0 Å². The third kappa shape index (κ3) is 2.03. The highest BCUT2D eigenvalue weighted by molar-refractivity contribution is 5.73. The van der Waals surface area contributed by atoms with Crippen molar-refractivity contribution < 1.29 is 19.2 Å². The zero-order valence-corrected chi connectivity index (χ0v) is 6.88. The molecule has 0 aliphatic heterocycles. The van der Waals surface area contributed by atoms with Crippen molar-refractivity contribution in [1.82, 2.24) is 0 Å². The molecule has 0 aromatic heterocycles. The molecule has 0 fully saturated rings. The van der Waals surface area contributed by atoms with Crippen LogP contribution in [-0.2, 0) is 4.79 Å². The predicted molar refractivity (Wildman–Crippen MR) is 43.8 cm³/mol. The number of carboxylic acids is 1. The van der Waals surface area contributed by atoms with Crippen LogP contribution in [0.25, 0.3) is 0 Å². The maximum atomic E-state index is 12.4. The van der Waals surface area contributed by atoms with Gasteiger partial charge in [-0.3, -0.25) is 10.1 Å². The molecule has 1 atom stereocenters. The minimum absolute atomic E-state index is 0.0519. The highest BCUT2D eigenvalue weighted by Gasteiger charge is 2.31. The highest BCUT2D eigenvalue weighted by atomic mass is 19.1. The summed E-state index contributed by atoms with van der Waals surface area (Å²) in [6.45, 7) is 0. The van der Waals surface area contributed by atoms with Crippen LogP contribution in [0, 0.1) is 15.9 Å². The van der Waals surface area contributed by atoms with Crippen LogP contribution in [-0.4, -0.2) is 16.0 Å².